The zero-order chi connectivity index (χ0) is 14.9. The molecule has 1 aliphatic carbocycles. The average molecular weight is 300 g/mol. The molecule has 1 atom stereocenters. The molecule has 0 bridgehead atoms. The monoisotopic (exact) mass is 300 g/mol. The highest BCUT2D eigenvalue weighted by molar-refractivity contribution is 5.92. The van der Waals surface area contributed by atoms with Crippen molar-refractivity contribution in [3.05, 3.63) is 24.5 Å². The lowest BCUT2D eigenvalue weighted by Gasteiger charge is -2.32. The zero-order valence-electron chi connectivity index (χ0n) is 12.3. The number of rotatable bonds is 4. The van der Waals surface area contributed by atoms with Crippen LogP contribution >= 0.6 is 0 Å². The number of fused-ring (bicyclic) bond motifs is 1. The molecule has 116 valence electrons. The van der Waals surface area contributed by atoms with Crippen LogP contribution in [0.15, 0.2) is 24.5 Å². The van der Waals surface area contributed by atoms with Crippen LogP contribution in [0.5, 0.6) is 0 Å². The Morgan fingerprint density at radius 1 is 1.18 bits per heavy atom. The van der Waals surface area contributed by atoms with Crippen LogP contribution in [0.1, 0.15) is 19.3 Å². The normalized spacial score (nSPS) is 27.6. The van der Waals surface area contributed by atoms with Gasteiger partial charge in [0.15, 0.2) is 0 Å². The highest BCUT2D eigenvalue weighted by atomic mass is 16.5. The molecule has 0 unspecified atom stereocenters. The number of anilines is 2. The fraction of sp³-hybridized carbons (Fsp3) is 0.500. The van der Waals surface area contributed by atoms with Crippen LogP contribution in [-0.2, 0) is 4.74 Å². The zero-order valence-corrected chi connectivity index (χ0v) is 12.3. The summed E-state index contributed by atoms with van der Waals surface area (Å²) in [6.45, 7) is 1.54. The van der Waals surface area contributed by atoms with Crippen molar-refractivity contribution in [3.63, 3.8) is 0 Å². The van der Waals surface area contributed by atoms with Gasteiger partial charge >= 0.3 is 0 Å². The number of aromatic nitrogens is 2. The first kappa shape index (κ1) is 13.7. The van der Waals surface area contributed by atoms with Gasteiger partial charge in [0.1, 0.15) is 11.6 Å². The minimum atomic E-state index is -0.167. The summed E-state index contributed by atoms with van der Waals surface area (Å²) < 4.78 is 5.41. The van der Waals surface area contributed by atoms with E-state index in [0.29, 0.717) is 12.1 Å². The summed E-state index contributed by atoms with van der Waals surface area (Å²) in [5.41, 5.74) is 0. The van der Waals surface area contributed by atoms with Gasteiger partial charge in [0.25, 0.3) is 0 Å². The number of nitrogens with one attached hydrogen (secondary N) is 2. The van der Waals surface area contributed by atoms with Crippen molar-refractivity contribution in [2.75, 3.05) is 23.8 Å². The molecule has 2 aliphatic rings. The molecule has 0 spiro atoms. The molecular weight excluding hydrogens is 280 g/mol. The third-order valence-corrected chi connectivity index (χ3v) is 4.38. The van der Waals surface area contributed by atoms with Crippen LogP contribution < -0.4 is 10.6 Å². The standard InChI is InChI=1S/C16H20N4O2/c21-13-5-12(6-13)19-15-7-14-10(8-18-15)1-3-17-16(14)20-11-2-4-22-9-11/h1,3,7-8,11-13,21H,2,4-6,9H2,(H,17,20)(H,18,19)/t11-,12-,13+/m1/s1. The predicted molar refractivity (Wildman–Crippen MR) is 85.0 cm³/mol. The van der Waals surface area contributed by atoms with Gasteiger partial charge in [-0.15, -0.1) is 0 Å². The summed E-state index contributed by atoms with van der Waals surface area (Å²) in [6, 6.07) is 4.64. The second kappa shape index (κ2) is 5.70. The molecule has 2 fully saturated rings. The quantitative estimate of drug-likeness (QED) is 0.798. The molecule has 4 rings (SSSR count). The molecular formula is C16H20N4O2. The van der Waals surface area contributed by atoms with Gasteiger partial charge in [0.05, 0.1) is 18.8 Å². The molecule has 2 aromatic heterocycles. The Labute approximate surface area is 128 Å². The van der Waals surface area contributed by atoms with Crippen LogP contribution in [0, 0.1) is 0 Å². The Balaban J connectivity index is 1.58. The summed E-state index contributed by atoms with van der Waals surface area (Å²) in [5.74, 6) is 1.72. The van der Waals surface area contributed by atoms with Crippen LogP contribution in [0.25, 0.3) is 10.8 Å². The van der Waals surface area contributed by atoms with E-state index >= 15 is 0 Å². The Hall–Kier alpha value is -1.92. The average Bonchev–Trinajstić information content (AvgIpc) is 2.99. The number of ether oxygens (including phenoxy) is 1. The summed E-state index contributed by atoms with van der Waals surface area (Å²) in [4.78, 5) is 8.93. The SMILES string of the molecule is O[C@H]1C[C@@H](Nc2cc3c(N[C@@H]4CCOC4)nccc3cn2)C1. The molecule has 1 saturated heterocycles. The first-order chi connectivity index (χ1) is 10.8. The third kappa shape index (κ3) is 2.71. The van der Waals surface area contributed by atoms with E-state index in [-0.39, 0.29) is 6.10 Å². The molecule has 0 radical (unpaired) electrons. The van der Waals surface area contributed by atoms with Gasteiger partial charge < -0.3 is 20.5 Å². The van der Waals surface area contributed by atoms with E-state index in [0.717, 1.165) is 54.9 Å². The van der Waals surface area contributed by atoms with Crippen molar-refractivity contribution in [1.29, 1.82) is 0 Å². The van der Waals surface area contributed by atoms with Gasteiger partial charge in [0, 0.05) is 35.8 Å². The maximum atomic E-state index is 9.38. The Bertz CT molecular complexity index is 666. The lowest BCUT2D eigenvalue weighted by Crippen LogP contribution is -2.39. The molecule has 6 nitrogen and oxygen atoms in total. The Morgan fingerprint density at radius 2 is 2.09 bits per heavy atom. The van der Waals surface area contributed by atoms with Gasteiger partial charge in [-0.1, -0.05) is 0 Å². The first-order valence-electron chi connectivity index (χ1n) is 7.81. The van der Waals surface area contributed by atoms with Crippen LogP contribution in [0.2, 0.25) is 0 Å². The number of aliphatic hydroxyl groups excluding tert-OH is 1. The molecule has 22 heavy (non-hydrogen) atoms. The van der Waals surface area contributed by atoms with E-state index in [1.54, 1.807) is 6.20 Å². The molecule has 6 heteroatoms. The smallest absolute Gasteiger partial charge is 0.134 e. The minimum Gasteiger partial charge on any atom is -0.393 e. The van der Waals surface area contributed by atoms with Crippen molar-refractivity contribution in [1.82, 2.24) is 9.97 Å². The lowest BCUT2D eigenvalue weighted by atomic mass is 9.89. The van der Waals surface area contributed by atoms with Gasteiger partial charge in [-0.3, -0.25) is 0 Å². The second-order valence-electron chi connectivity index (χ2n) is 6.12. The predicted octanol–water partition coefficient (Wildman–Crippen LogP) is 1.77. The van der Waals surface area contributed by atoms with Crippen molar-refractivity contribution in [2.45, 2.75) is 37.5 Å². The van der Waals surface area contributed by atoms with Gasteiger partial charge in [-0.2, -0.15) is 0 Å². The third-order valence-electron chi connectivity index (χ3n) is 4.38. The van der Waals surface area contributed by atoms with Gasteiger partial charge in [-0.05, 0) is 31.4 Å². The minimum absolute atomic E-state index is 0.167. The summed E-state index contributed by atoms with van der Waals surface area (Å²) in [5, 5.41) is 18.3. The number of pyridine rings is 2. The summed E-state index contributed by atoms with van der Waals surface area (Å²) in [7, 11) is 0. The number of hydrogen-bond acceptors (Lipinski definition) is 6. The maximum absolute atomic E-state index is 9.38. The van der Waals surface area contributed by atoms with Crippen LogP contribution in [0.3, 0.4) is 0 Å². The first-order valence-corrected chi connectivity index (χ1v) is 7.81. The lowest BCUT2D eigenvalue weighted by molar-refractivity contribution is 0.0835. The van der Waals surface area contributed by atoms with E-state index < -0.39 is 0 Å². The highest BCUT2D eigenvalue weighted by Gasteiger charge is 2.27. The van der Waals surface area contributed by atoms with E-state index in [1.807, 2.05) is 18.3 Å². The number of nitrogens with zero attached hydrogens (tertiary/aromatic N) is 2. The highest BCUT2D eigenvalue weighted by Crippen LogP contribution is 2.27. The molecule has 1 aliphatic heterocycles. The van der Waals surface area contributed by atoms with Crippen molar-refractivity contribution < 1.29 is 9.84 Å². The van der Waals surface area contributed by atoms with E-state index in [2.05, 4.69) is 20.6 Å². The van der Waals surface area contributed by atoms with E-state index in [4.69, 9.17) is 4.74 Å². The molecule has 1 saturated carbocycles. The number of hydrogen-bond donors (Lipinski definition) is 3. The maximum Gasteiger partial charge on any atom is 0.134 e. The van der Waals surface area contributed by atoms with Gasteiger partial charge in [-0.25, -0.2) is 9.97 Å². The molecule has 0 amide bonds. The van der Waals surface area contributed by atoms with E-state index in [9.17, 15) is 5.11 Å². The topological polar surface area (TPSA) is 79.3 Å². The van der Waals surface area contributed by atoms with Crippen molar-refractivity contribution in [3.8, 4) is 0 Å². The van der Waals surface area contributed by atoms with Crippen molar-refractivity contribution in [2.24, 2.45) is 0 Å². The molecule has 0 aromatic carbocycles. The molecule has 2 aromatic rings. The molecule has 3 heterocycles. The largest absolute Gasteiger partial charge is 0.393 e. The summed E-state index contributed by atoms with van der Waals surface area (Å²) in [6.07, 6.45) is 6.09. The van der Waals surface area contributed by atoms with Gasteiger partial charge in [0.2, 0.25) is 0 Å². The van der Waals surface area contributed by atoms with E-state index in [1.165, 1.54) is 0 Å². The Morgan fingerprint density at radius 3 is 2.86 bits per heavy atom. The summed E-state index contributed by atoms with van der Waals surface area (Å²) >= 11 is 0. The van der Waals surface area contributed by atoms with Crippen LogP contribution in [0.4, 0.5) is 11.6 Å². The second-order valence-corrected chi connectivity index (χ2v) is 6.12. The van der Waals surface area contributed by atoms with Crippen molar-refractivity contribution >= 4 is 22.4 Å². The Kier molecular flexibility index (Phi) is 3.56. The fourth-order valence-electron chi connectivity index (χ4n) is 3.02. The number of aliphatic hydroxyl groups is 1. The van der Waals surface area contributed by atoms with Crippen LogP contribution in [-0.4, -0.2) is 46.5 Å². The molecule has 3 N–H and O–H groups in total. The fourth-order valence-corrected chi connectivity index (χ4v) is 3.02.